The molecule has 1 aromatic heterocycles. The number of aromatic nitrogens is 1. The third-order valence-corrected chi connectivity index (χ3v) is 6.31. The number of hydrogen-bond donors (Lipinski definition) is 3. The van der Waals surface area contributed by atoms with E-state index in [-0.39, 0.29) is 28.8 Å². The zero-order valence-corrected chi connectivity index (χ0v) is 19.4. The number of primary amides is 1. The number of carbonyl (C=O) groups excluding carboxylic acids is 1. The Morgan fingerprint density at radius 3 is 2.61 bits per heavy atom. The van der Waals surface area contributed by atoms with Crippen molar-refractivity contribution in [1.82, 2.24) is 14.8 Å². The summed E-state index contributed by atoms with van der Waals surface area (Å²) in [7, 11) is 2.05. The van der Waals surface area contributed by atoms with E-state index in [2.05, 4.69) is 32.5 Å². The molecular formula is C24H33FN6O2. The first-order valence-corrected chi connectivity index (χ1v) is 11.5. The lowest BCUT2D eigenvalue weighted by Crippen LogP contribution is -2.40. The van der Waals surface area contributed by atoms with Gasteiger partial charge in [-0.15, -0.1) is 0 Å². The minimum atomic E-state index is -0.714. The van der Waals surface area contributed by atoms with Gasteiger partial charge in [-0.1, -0.05) is 12.1 Å². The molecule has 8 nitrogen and oxygen atoms in total. The standard InChI is InChI=1S/C24H33FN6O2/c1-16-20(22(26)32)23(29-24(21(16)25)28-19-4-3-9-30(2)15-19)27-18-7-5-17(6-8-18)14-31-10-12-33-13-11-31/h5-8,19H,3-4,9-15H2,1-2H3,(H2,26,32)(H2,27,28,29)/t19-/m1/s1. The number of hydrogen-bond acceptors (Lipinski definition) is 7. The summed E-state index contributed by atoms with van der Waals surface area (Å²) in [6, 6.07) is 8.04. The Labute approximate surface area is 194 Å². The number of pyridine rings is 1. The van der Waals surface area contributed by atoms with E-state index in [1.165, 1.54) is 5.56 Å². The van der Waals surface area contributed by atoms with Gasteiger partial charge in [0.05, 0.1) is 18.8 Å². The van der Waals surface area contributed by atoms with Crippen LogP contribution >= 0.6 is 0 Å². The van der Waals surface area contributed by atoms with Crippen LogP contribution in [0, 0.1) is 12.7 Å². The first-order chi connectivity index (χ1) is 15.9. The predicted molar refractivity (Wildman–Crippen MR) is 127 cm³/mol. The Bertz CT molecular complexity index is 978. The Hall–Kier alpha value is -2.75. The fraction of sp³-hybridized carbons (Fsp3) is 0.500. The van der Waals surface area contributed by atoms with E-state index in [0.717, 1.165) is 64.5 Å². The van der Waals surface area contributed by atoms with Crippen LogP contribution in [-0.2, 0) is 11.3 Å². The van der Waals surface area contributed by atoms with Crippen LogP contribution in [0.25, 0.3) is 0 Å². The third-order valence-electron chi connectivity index (χ3n) is 6.31. The fourth-order valence-corrected chi connectivity index (χ4v) is 4.49. The van der Waals surface area contributed by atoms with Crippen LogP contribution in [0.5, 0.6) is 0 Å². The summed E-state index contributed by atoms with van der Waals surface area (Å²) in [6.07, 6.45) is 1.98. The highest BCUT2D eigenvalue weighted by molar-refractivity contribution is 6.00. The molecule has 2 aliphatic rings. The van der Waals surface area contributed by atoms with Crippen molar-refractivity contribution < 1.29 is 13.9 Å². The number of amides is 1. The van der Waals surface area contributed by atoms with Crippen LogP contribution in [0.1, 0.15) is 34.3 Å². The summed E-state index contributed by atoms with van der Waals surface area (Å²) < 4.78 is 20.5. The first kappa shape index (κ1) is 23.4. The molecule has 9 heteroatoms. The number of nitrogens with zero attached hydrogens (tertiary/aromatic N) is 3. The summed E-state index contributed by atoms with van der Waals surface area (Å²) in [5, 5.41) is 6.41. The molecule has 1 atom stereocenters. The lowest BCUT2D eigenvalue weighted by Gasteiger charge is -2.31. The minimum absolute atomic E-state index is 0.0659. The van der Waals surface area contributed by atoms with Crippen molar-refractivity contribution in [2.75, 3.05) is 57.1 Å². The van der Waals surface area contributed by atoms with Gasteiger partial charge >= 0.3 is 0 Å². The molecule has 3 heterocycles. The summed E-state index contributed by atoms with van der Waals surface area (Å²) in [6.45, 7) is 7.63. The van der Waals surface area contributed by atoms with E-state index in [9.17, 15) is 4.79 Å². The van der Waals surface area contributed by atoms with Gasteiger partial charge in [-0.2, -0.15) is 0 Å². The Balaban J connectivity index is 1.54. The van der Waals surface area contributed by atoms with Crippen LogP contribution in [0.15, 0.2) is 24.3 Å². The fourth-order valence-electron chi connectivity index (χ4n) is 4.49. The largest absolute Gasteiger partial charge is 0.379 e. The van der Waals surface area contributed by atoms with E-state index in [1.54, 1.807) is 6.92 Å². The molecule has 2 aromatic rings. The van der Waals surface area contributed by atoms with E-state index in [4.69, 9.17) is 10.5 Å². The number of anilines is 3. The van der Waals surface area contributed by atoms with Crippen LogP contribution in [0.4, 0.5) is 21.7 Å². The number of ether oxygens (including phenoxy) is 1. The van der Waals surface area contributed by atoms with E-state index >= 15 is 4.39 Å². The highest BCUT2D eigenvalue weighted by Crippen LogP contribution is 2.29. The zero-order chi connectivity index (χ0) is 23.4. The normalized spacial score (nSPS) is 19.9. The Kier molecular flexibility index (Phi) is 7.42. The smallest absolute Gasteiger partial charge is 0.252 e. The zero-order valence-electron chi connectivity index (χ0n) is 19.4. The maximum Gasteiger partial charge on any atom is 0.252 e. The molecular weight excluding hydrogens is 423 g/mol. The van der Waals surface area contributed by atoms with E-state index in [0.29, 0.717) is 0 Å². The average molecular weight is 457 g/mol. The van der Waals surface area contributed by atoms with Crippen molar-refractivity contribution in [3.8, 4) is 0 Å². The number of likely N-dealkylation sites (N-methyl/N-ethyl adjacent to an activating group) is 1. The van der Waals surface area contributed by atoms with Crippen molar-refractivity contribution in [2.24, 2.45) is 5.73 Å². The summed E-state index contributed by atoms with van der Waals surface area (Å²) in [4.78, 5) is 21.1. The Morgan fingerprint density at radius 1 is 1.21 bits per heavy atom. The molecule has 0 aliphatic carbocycles. The number of carbonyl (C=O) groups is 1. The van der Waals surface area contributed by atoms with Crippen LogP contribution < -0.4 is 16.4 Å². The summed E-state index contributed by atoms with van der Waals surface area (Å²) in [5.74, 6) is -0.851. The van der Waals surface area contributed by atoms with Crippen molar-refractivity contribution in [2.45, 2.75) is 32.4 Å². The lowest BCUT2D eigenvalue weighted by atomic mass is 10.1. The highest BCUT2D eigenvalue weighted by atomic mass is 19.1. The molecule has 0 spiro atoms. The number of likely N-dealkylation sites (tertiary alicyclic amines) is 1. The van der Waals surface area contributed by atoms with Crippen molar-refractivity contribution >= 4 is 23.2 Å². The monoisotopic (exact) mass is 456 g/mol. The number of nitrogens with one attached hydrogen (secondary N) is 2. The van der Waals surface area contributed by atoms with Crippen LogP contribution in [-0.4, -0.2) is 73.2 Å². The third kappa shape index (κ3) is 5.79. The molecule has 178 valence electrons. The molecule has 0 unspecified atom stereocenters. The summed E-state index contributed by atoms with van der Waals surface area (Å²) >= 11 is 0. The van der Waals surface area contributed by atoms with Crippen molar-refractivity contribution in [3.05, 3.63) is 46.8 Å². The van der Waals surface area contributed by atoms with Gasteiger partial charge in [0, 0.05) is 43.5 Å². The van der Waals surface area contributed by atoms with Gasteiger partial charge in [-0.25, -0.2) is 9.37 Å². The maximum atomic E-state index is 15.1. The molecule has 4 rings (SSSR count). The van der Waals surface area contributed by atoms with Gasteiger partial charge in [0.15, 0.2) is 11.6 Å². The molecule has 4 N–H and O–H groups in total. The molecule has 2 saturated heterocycles. The number of rotatable bonds is 7. The number of piperidine rings is 1. The highest BCUT2D eigenvalue weighted by Gasteiger charge is 2.24. The molecule has 1 aromatic carbocycles. The molecule has 2 aliphatic heterocycles. The second-order valence-corrected chi connectivity index (χ2v) is 8.94. The van der Waals surface area contributed by atoms with Gasteiger partial charge in [0.2, 0.25) is 0 Å². The van der Waals surface area contributed by atoms with Crippen molar-refractivity contribution in [1.29, 1.82) is 0 Å². The van der Waals surface area contributed by atoms with Gasteiger partial charge < -0.3 is 26.0 Å². The average Bonchev–Trinajstić information content (AvgIpc) is 2.79. The molecule has 2 fully saturated rings. The molecule has 1 amide bonds. The molecule has 0 radical (unpaired) electrons. The number of morpholine rings is 1. The SMILES string of the molecule is Cc1c(F)c(N[C@@H]2CCCN(C)C2)nc(Nc2ccc(CN3CCOCC3)cc2)c1C(N)=O. The van der Waals surface area contributed by atoms with Gasteiger partial charge in [0.25, 0.3) is 5.91 Å². The van der Waals surface area contributed by atoms with Gasteiger partial charge in [0.1, 0.15) is 5.82 Å². The quantitative estimate of drug-likeness (QED) is 0.590. The maximum absolute atomic E-state index is 15.1. The molecule has 33 heavy (non-hydrogen) atoms. The van der Waals surface area contributed by atoms with Crippen LogP contribution in [0.2, 0.25) is 0 Å². The topological polar surface area (TPSA) is 95.8 Å². The second-order valence-electron chi connectivity index (χ2n) is 8.94. The minimum Gasteiger partial charge on any atom is -0.379 e. The Morgan fingerprint density at radius 2 is 1.94 bits per heavy atom. The van der Waals surface area contributed by atoms with Gasteiger partial charge in [-0.3, -0.25) is 9.69 Å². The first-order valence-electron chi connectivity index (χ1n) is 11.5. The number of halogens is 1. The van der Waals surface area contributed by atoms with E-state index < -0.39 is 11.7 Å². The van der Waals surface area contributed by atoms with Crippen molar-refractivity contribution in [3.63, 3.8) is 0 Å². The van der Waals surface area contributed by atoms with Crippen LogP contribution in [0.3, 0.4) is 0 Å². The molecule has 0 bridgehead atoms. The lowest BCUT2D eigenvalue weighted by molar-refractivity contribution is 0.0342. The second kappa shape index (κ2) is 10.5. The predicted octanol–water partition coefficient (Wildman–Crippen LogP) is 2.71. The number of nitrogens with two attached hydrogens (primary N) is 1. The number of benzene rings is 1. The van der Waals surface area contributed by atoms with Gasteiger partial charge in [-0.05, 0) is 51.1 Å². The summed E-state index contributed by atoms with van der Waals surface area (Å²) in [5.41, 5.74) is 7.79. The molecule has 0 saturated carbocycles. The van der Waals surface area contributed by atoms with E-state index in [1.807, 2.05) is 24.3 Å².